The van der Waals surface area contributed by atoms with Crippen molar-refractivity contribution in [2.45, 2.75) is 0 Å². The van der Waals surface area contributed by atoms with Crippen LogP contribution in [0.25, 0.3) is 59.9 Å². The molecule has 7 rings (SSSR count). The SMILES string of the molecule is Fc1ccc(-c2c3ccc(ccc4ccc(s4)c(-c4ccc(F)cc4)c4ccc(ccc5ccc2s5)s4)s3)cc1. The van der Waals surface area contributed by atoms with E-state index in [-0.39, 0.29) is 11.6 Å². The average molecular weight is 595 g/mol. The van der Waals surface area contributed by atoms with Gasteiger partial charge in [0.1, 0.15) is 11.6 Å². The minimum atomic E-state index is -0.236. The minimum Gasteiger partial charge on any atom is -0.207 e. The molecule has 0 amide bonds. The lowest BCUT2D eigenvalue weighted by Crippen LogP contribution is -1.77. The molecule has 5 aromatic heterocycles. The summed E-state index contributed by atoms with van der Waals surface area (Å²) in [6, 6.07) is 39.3. The van der Waals surface area contributed by atoms with Gasteiger partial charge in [-0.05, 0) is 108 Å². The number of hydrogen-bond donors (Lipinski definition) is 0. The van der Waals surface area contributed by atoms with Crippen LogP contribution in [0, 0.1) is 11.6 Å². The second kappa shape index (κ2) is 10.7. The van der Waals surface area contributed by atoms with Crippen molar-refractivity contribution in [3.05, 3.63) is 133 Å². The van der Waals surface area contributed by atoms with Crippen molar-refractivity contribution in [2.24, 2.45) is 0 Å². The molecule has 0 fully saturated rings. The molecule has 0 nitrogen and oxygen atoms in total. The molecule has 40 heavy (non-hydrogen) atoms. The van der Waals surface area contributed by atoms with Crippen LogP contribution in [0.3, 0.4) is 0 Å². The number of hydrogen-bond acceptors (Lipinski definition) is 4. The number of halogens is 2. The van der Waals surface area contributed by atoms with Crippen molar-refractivity contribution in [3.8, 4) is 22.3 Å². The fraction of sp³-hybridized carbons (Fsp3) is 0. The average Bonchev–Trinajstić information content (AvgIpc) is 3.77. The predicted molar refractivity (Wildman–Crippen MR) is 174 cm³/mol. The van der Waals surface area contributed by atoms with E-state index < -0.39 is 0 Å². The van der Waals surface area contributed by atoms with Crippen molar-refractivity contribution in [1.82, 2.24) is 0 Å². The maximum atomic E-state index is 13.8. The van der Waals surface area contributed by atoms with Gasteiger partial charge < -0.3 is 0 Å². The Morgan fingerprint density at radius 3 is 0.825 bits per heavy atom. The maximum Gasteiger partial charge on any atom is 0.123 e. The van der Waals surface area contributed by atoms with Gasteiger partial charge in [0.25, 0.3) is 0 Å². The third-order valence-electron chi connectivity index (χ3n) is 6.58. The Kier molecular flexibility index (Phi) is 6.77. The minimum absolute atomic E-state index is 0.236. The summed E-state index contributed by atoms with van der Waals surface area (Å²) >= 11 is 6.91. The Morgan fingerprint density at radius 1 is 0.300 bits per heavy atom. The number of benzene rings is 2. The van der Waals surface area contributed by atoms with Crippen LogP contribution in [-0.4, -0.2) is 0 Å². The second-order valence-corrected chi connectivity index (χ2v) is 13.7. The standard InChI is InChI=1S/C34H20F2S4/c35-23-5-1-21(2-6-23)33-29-17-13-25(37-29)9-11-27-15-19-31(39-27)34(22-3-7-24(36)8-4-22)32-20-16-28(40-32)12-10-26-14-18-30(33)38-26/h1-20H. The van der Waals surface area contributed by atoms with Gasteiger partial charge in [0, 0.05) is 48.7 Å². The van der Waals surface area contributed by atoms with E-state index in [1.54, 1.807) is 45.3 Å². The van der Waals surface area contributed by atoms with Crippen molar-refractivity contribution >= 4 is 82.9 Å². The van der Waals surface area contributed by atoms with Gasteiger partial charge in [-0.2, -0.15) is 0 Å². The summed E-state index contributed by atoms with van der Waals surface area (Å²) in [6.07, 6.45) is 0. The fourth-order valence-electron chi connectivity index (χ4n) is 4.68. The molecule has 194 valence electrons. The van der Waals surface area contributed by atoms with Crippen LogP contribution >= 0.6 is 45.3 Å². The van der Waals surface area contributed by atoms with Gasteiger partial charge in [-0.15, -0.1) is 45.3 Å². The molecule has 0 aliphatic carbocycles. The zero-order valence-electron chi connectivity index (χ0n) is 20.9. The van der Waals surface area contributed by atoms with Crippen molar-refractivity contribution in [3.63, 3.8) is 0 Å². The first-order valence-electron chi connectivity index (χ1n) is 12.6. The molecule has 0 unspecified atom stereocenters. The Hall–Kier alpha value is -3.68. The van der Waals surface area contributed by atoms with E-state index in [1.165, 1.54) is 24.3 Å². The van der Waals surface area contributed by atoms with Gasteiger partial charge in [0.2, 0.25) is 0 Å². The molecule has 8 bridgehead atoms. The Morgan fingerprint density at radius 2 is 0.550 bits per heavy atom. The predicted octanol–water partition coefficient (Wildman–Crippen LogP) is 12.4. The van der Waals surface area contributed by atoms with Crippen LogP contribution in [0.1, 0.15) is 0 Å². The molecule has 7 aromatic rings. The summed E-state index contributed by atoms with van der Waals surface area (Å²) < 4.78 is 36.7. The first-order valence-corrected chi connectivity index (χ1v) is 15.9. The summed E-state index contributed by atoms with van der Waals surface area (Å²) in [4.78, 5) is 0. The smallest absolute Gasteiger partial charge is 0.123 e. The molecule has 0 saturated heterocycles. The fourth-order valence-corrected chi connectivity index (χ4v) is 8.78. The quantitative estimate of drug-likeness (QED) is 0.187. The van der Waals surface area contributed by atoms with Crippen molar-refractivity contribution in [2.75, 3.05) is 0 Å². The highest BCUT2D eigenvalue weighted by atomic mass is 32.1. The van der Waals surface area contributed by atoms with Crippen LogP contribution < -0.4 is 0 Å². The first-order chi connectivity index (χ1) is 19.6. The molecule has 0 spiro atoms. The number of fused-ring (bicyclic) bond motifs is 8. The lowest BCUT2D eigenvalue weighted by molar-refractivity contribution is 0.627. The van der Waals surface area contributed by atoms with Crippen LogP contribution in [0.15, 0.2) is 121 Å². The van der Waals surface area contributed by atoms with E-state index in [9.17, 15) is 8.78 Å². The topological polar surface area (TPSA) is 0 Å². The van der Waals surface area contributed by atoms with E-state index in [4.69, 9.17) is 0 Å². The molecule has 2 aromatic carbocycles. The highest BCUT2D eigenvalue weighted by molar-refractivity contribution is 7.27. The highest BCUT2D eigenvalue weighted by Crippen LogP contribution is 2.38. The molecular formula is C34H20F2S4. The van der Waals surface area contributed by atoms with Crippen LogP contribution in [0.2, 0.25) is 0 Å². The van der Waals surface area contributed by atoms with Gasteiger partial charge in [0.15, 0.2) is 0 Å². The van der Waals surface area contributed by atoms with Gasteiger partial charge in [0.05, 0.1) is 0 Å². The summed E-state index contributed by atoms with van der Waals surface area (Å²) in [5.41, 5.74) is 4.23. The van der Waals surface area contributed by atoms with Gasteiger partial charge in [-0.3, -0.25) is 0 Å². The third kappa shape index (κ3) is 5.11. The van der Waals surface area contributed by atoms with Crippen LogP contribution in [0.5, 0.6) is 0 Å². The molecular weight excluding hydrogens is 575 g/mol. The van der Waals surface area contributed by atoms with E-state index in [1.807, 2.05) is 24.3 Å². The van der Waals surface area contributed by atoms with Crippen LogP contribution in [0.4, 0.5) is 8.78 Å². The Bertz CT molecular complexity index is 1860. The molecule has 0 saturated carbocycles. The summed E-state index contributed by atoms with van der Waals surface area (Å²) in [5.74, 6) is -0.473. The van der Waals surface area contributed by atoms with Crippen LogP contribution in [-0.2, 0) is 0 Å². The van der Waals surface area contributed by atoms with E-state index in [0.717, 1.165) is 59.9 Å². The summed E-state index contributed by atoms with van der Waals surface area (Å²) in [6.45, 7) is 0. The van der Waals surface area contributed by atoms with E-state index in [0.29, 0.717) is 0 Å². The molecule has 0 atom stereocenters. The number of thiophene rings is 4. The monoisotopic (exact) mass is 594 g/mol. The normalized spacial score (nSPS) is 11.2. The zero-order chi connectivity index (χ0) is 27.1. The second-order valence-electron chi connectivity index (χ2n) is 9.24. The third-order valence-corrected chi connectivity index (χ3v) is 10.9. The maximum absolute atomic E-state index is 13.8. The largest absolute Gasteiger partial charge is 0.207 e. The van der Waals surface area contributed by atoms with Crippen molar-refractivity contribution < 1.29 is 8.78 Å². The van der Waals surface area contributed by atoms with Gasteiger partial charge >= 0.3 is 0 Å². The zero-order valence-corrected chi connectivity index (χ0v) is 24.2. The Labute approximate surface area is 245 Å². The molecule has 0 radical (unpaired) electrons. The summed E-state index contributed by atoms with van der Waals surface area (Å²) in [7, 11) is 0. The van der Waals surface area contributed by atoms with E-state index in [2.05, 4.69) is 72.8 Å². The summed E-state index contributed by atoms with van der Waals surface area (Å²) in [5, 5.41) is 0. The molecule has 0 N–H and O–H groups in total. The number of rotatable bonds is 2. The first kappa shape index (κ1) is 25.3. The van der Waals surface area contributed by atoms with Gasteiger partial charge in [-0.1, -0.05) is 24.3 Å². The Balaban J connectivity index is 1.53. The van der Waals surface area contributed by atoms with E-state index >= 15 is 0 Å². The highest BCUT2D eigenvalue weighted by Gasteiger charge is 2.09. The lowest BCUT2D eigenvalue weighted by Gasteiger charge is -2.02. The molecule has 5 heterocycles. The lowest BCUT2D eigenvalue weighted by atomic mass is 10.1. The molecule has 6 heteroatoms. The molecule has 0 aliphatic rings. The van der Waals surface area contributed by atoms with Crippen molar-refractivity contribution in [1.29, 1.82) is 0 Å². The van der Waals surface area contributed by atoms with Gasteiger partial charge in [-0.25, -0.2) is 8.78 Å². The molecule has 0 aliphatic heterocycles.